The fourth-order valence-electron chi connectivity index (χ4n) is 3.69. The molecule has 2 unspecified atom stereocenters. The van der Waals surface area contributed by atoms with Crippen LogP contribution in [0.3, 0.4) is 0 Å². The van der Waals surface area contributed by atoms with Gasteiger partial charge < -0.3 is 9.73 Å². The van der Waals surface area contributed by atoms with E-state index in [1.807, 2.05) is 6.26 Å². The van der Waals surface area contributed by atoms with Crippen molar-refractivity contribution in [2.45, 2.75) is 65.6 Å². The van der Waals surface area contributed by atoms with Crippen LogP contribution in [0, 0.1) is 13.8 Å². The zero-order valence-corrected chi connectivity index (χ0v) is 13.4. The van der Waals surface area contributed by atoms with Gasteiger partial charge >= 0.3 is 0 Å². The monoisotopic (exact) mass is 287 g/mol. The van der Waals surface area contributed by atoms with Crippen molar-refractivity contribution in [1.82, 2.24) is 15.1 Å². The molecule has 4 nitrogen and oxygen atoms in total. The highest BCUT2D eigenvalue weighted by Crippen LogP contribution is 2.33. The van der Waals surface area contributed by atoms with E-state index in [0.717, 1.165) is 24.4 Å². The van der Waals surface area contributed by atoms with Crippen molar-refractivity contribution in [3.8, 4) is 0 Å². The van der Waals surface area contributed by atoms with Crippen LogP contribution in [0.2, 0.25) is 0 Å². The SMILES string of the molecule is CCn1nc(C)c(C(C)NC2CCCc3occc32)c1C. The van der Waals surface area contributed by atoms with Gasteiger partial charge in [-0.3, -0.25) is 4.68 Å². The average Bonchev–Trinajstić information content (AvgIpc) is 3.04. The van der Waals surface area contributed by atoms with Gasteiger partial charge in [0.25, 0.3) is 0 Å². The zero-order chi connectivity index (χ0) is 15.0. The Hall–Kier alpha value is -1.55. The van der Waals surface area contributed by atoms with Crippen molar-refractivity contribution in [2.24, 2.45) is 0 Å². The van der Waals surface area contributed by atoms with Crippen LogP contribution in [0.5, 0.6) is 0 Å². The first-order valence-electron chi connectivity index (χ1n) is 7.98. The molecule has 2 aromatic rings. The summed E-state index contributed by atoms with van der Waals surface area (Å²) in [5.41, 5.74) is 5.09. The number of furan rings is 1. The first-order valence-corrected chi connectivity index (χ1v) is 7.98. The fraction of sp³-hybridized carbons (Fsp3) is 0.588. The maximum absolute atomic E-state index is 5.59. The molecule has 0 radical (unpaired) electrons. The molecule has 114 valence electrons. The zero-order valence-electron chi connectivity index (χ0n) is 13.4. The van der Waals surface area contributed by atoms with Crippen molar-refractivity contribution in [2.75, 3.05) is 0 Å². The van der Waals surface area contributed by atoms with Crippen LogP contribution < -0.4 is 5.32 Å². The second-order valence-electron chi connectivity index (χ2n) is 6.03. The number of hydrogen-bond acceptors (Lipinski definition) is 3. The third-order valence-corrected chi connectivity index (χ3v) is 4.67. The minimum atomic E-state index is 0.302. The average molecular weight is 287 g/mol. The molecule has 21 heavy (non-hydrogen) atoms. The van der Waals surface area contributed by atoms with Crippen LogP contribution in [0.1, 0.15) is 67.0 Å². The van der Waals surface area contributed by atoms with Gasteiger partial charge in [0, 0.05) is 41.9 Å². The second kappa shape index (κ2) is 5.68. The normalized spacial score (nSPS) is 19.5. The van der Waals surface area contributed by atoms with Gasteiger partial charge in [-0.2, -0.15) is 5.10 Å². The van der Waals surface area contributed by atoms with E-state index in [4.69, 9.17) is 4.42 Å². The molecule has 1 N–H and O–H groups in total. The fourth-order valence-corrected chi connectivity index (χ4v) is 3.69. The second-order valence-corrected chi connectivity index (χ2v) is 6.03. The molecule has 0 saturated carbocycles. The van der Waals surface area contributed by atoms with Crippen molar-refractivity contribution in [3.05, 3.63) is 40.6 Å². The van der Waals surface area contributed by atoms with Crippen molar-refractivity contribution >= 4 is 0 Å². The highest BCUT2D eigenvalue weighted by Gasteiger charge is 2.26. The van der Waals surface area contributed by atoms with E-state index in [2.05, 4.69) is 48.9 Å². The summed E-state index contributed by atoms with van der Waals surface area (Å²) < 4.78 is 7.68. The summed E-state index contributed by atoms with van der Waals surface area (Å²) in [4.78, 5) is 0. The Morgan fingerprint density at radius 1 is 1.48 bits per heavy atom. The molecular weight excluding hydrogens is 262 g/mol. The Morgan fingerprint density at radius 2 is 2.29 bits per heavy atom. The predicted octanol–water partition coefficient (Wildman–Crippen LogP) is 3.84. The topological polar surface area (TPSA) is 43.0 Å². The highest BCUT2D eigenvalue weighted by atomic mass is 16.3. The Labute approximate surface area is 126 Å². The van der Waals surface area contributed by atoms with E-state index in [9.17, 15) is 0 Å². The molecule has 0 amide bonds. The van der Waals surface area contributed by atoms with Gasteiger partial charge in [-0.25, -0.2) is 0 Å². The summed E-state index contributed by atoms with van der Waals surface area (Å²) in [6.45, 7) is 9.58. The van der Waals surface area contributed by atoms with Crippen molar-refractivity contribution in [1.29, 1.82) is 0 Å². The molecule has 1 aliphatic rings. The third-order valence-electron chi connectivity index (χ3n) is 4.67. The quantitative estimate of drug-likeness (QED) is 0.929. The molecule has 0 aliphatic heterocycles. The van der Waals surface area contributed by atoms with Crippen LogP contribution in [-0.2, 0) is 13.0 Å². The lowest BCUT2D eigenvalue weighted by Gasteiger charge is -2.27. The number of aryl methyl sites for hydroxylation is 3. The molecule has 2 heterocycles. The number of hydrogen-bond donors (Lipinski definition) is 1. The van der Waals surface area contributed by atoms with Crippen LogP contribution in [-0.4, -0.2) is 9.78 Å². The van der Waals surface area contributed by atoms with Gasteiger partial charge in [0.2, 0.25) is 0 Å². The molecule has 0 aromatic carbocycles. The van der Waals surface area contributed by atoms with Gasteiger partial charge in [0.05, 0.1) is 12.0 Å². The molecule has 2 atom stereocenters. The van der Waals surface area contributed by atoms with E-state index in [1.165, 1.54) is 29.7 Å². The van der Waals surface area contributed by atoms with Gasteiger partial charge in [-0.15, -0.1) is 0 Å². The van der Waals surface area contributed by atoms with Crippen LogP contribution >= 0.6 is 0 Å². The number of rotatable bonds is 4. The Kier molecular flexibility index (Phi) is 3.89. The Bertz CT molecular complexity index is 626. The third kappa shape index (κ3) is 2.53. The van der Waals surface area contributed by atoms with E-state index in [-0.39, 0.29) is 0 Å². The Balaban J connectivity index is 1.82. The molecule has 0 bridgehead atoms. The van der Waals surface area contributed by atoms with E-state index in [1.54, 1.807) is 0 Å². The first kappa shape index (κ1) is 14.4. The number of nitrogens with one attached hydrogen (secondary N) is 1. The standard InChI is InChI=1S/C17H25N3O/c1-5-20-13(4)17(12(3)19-20)11(2)18-15-7-6-8-16-14(15)9-10-21-16/h9-11,15,18H,5-8H2,1-4H3. The van der Waals surface area contributed by atoms with Crippen LogP contribution in [0.15, 0.2) is 16.7 Å². The summed E-state index contributed by atoms with van der Waals surface area (Å²) >= 11 is 0. The van der Waals surface area contributed by atoms with Crippen molar-refractivity contribution in [3.63, 3.8) is 0 Å². The van der Waals surface area contributed by atoms with Crippen LogP contribution in [0.25, 0.3) is 0 Å². The van der Waals surface area contributed by atoms with Crippen LogP contribution in [0.4, 0.5) is 0 Å². The first-order chi connectivity index (χ1) is 10.1. The number of nitrogens with zero attached hydrogens (tertiary/aromatic N) is 2. The number of aromatic nitrogens is 2. The van der Waals surface area contributed by atoms with E-state index >= 15 is 0 Å². The van der Waals surface area contributed by atoms with Gasteiger partial charge in [-0.05, 0) is 46.6 Å². The van der Waals surface area contributed by atoms with Gasteiger partial charge in [-0.1, -0.05) is 0 Å². The lowest BCUT2D eigenvalue weighted by molar-refractivity contribution is 0.384. The van der Waals surface area contributed by atoms with E-state index in [0.29, 0.717) is 12.1 Å². The molecule has 0 spiro atoms. The summed E-state index contributed by atoms with van der Waals surface area (Å²) in [5, 5.41) is 8.42. The van der Waals surface area contributed by atoms with Crippen molar-refractivity contribution < 1.29 is 4.42 Å². The maximum Gasteiger partial charge on any atom is 0.108 e. The van der Waals surface area contributed by atoms with E-state index < -0.39 is 0 Å². The molecule has 1 aliphatic carbocycles. The Morgan fingerprint density at radius 3 is 3.00 bits per heavy atom. The molecule has 3 rings (SSSR count). The maximum atomic E-state index is 5.59. The summed E-state index contributed by atoms with van der Waals surface area (Å²) in [5.74, 6) is 1.16. The lowest BCUT2D eigenvalue weighted by Crippen LogP contribution is -2.27. The largest absolute Gasteiger partial charge is 0.469 e. The summed E-state index contributed by atoms with van der Waals surface area (Å²) in [7, 11) is 0. The number of fused-ring (bicyclic) bond motifs is 1. The minimum absolute atomic E-state index is 0.302. The molecule has 2 aromatic heterocycles. The summed E-state index contributed by atoms with van der Waals surface area (Å²) in [6, 6.07) is 2.82. The molecule has 0 fully saturated rings. The van der Waals surface area contributed by atoms with Gasteiger partial charge in [0.15, 0.2) is 0 Å². The minimum Gasteiger partial charge on any atom is -0.469 e. The molecule has 4 heteroatoms. The molecule has 0 saturated heterocycles. The summed E-state index contributed by atoms with van der Waals surface area (Å²) in [6.07, 6.45) is 5.26. The molecular formula is C17H25N3O. The highest BCUT2D eigenvalue weighted by molar-refractivity contribution is 5.30. The van der Waals surface area contributed by atoms with Gasteiger partial charge in [0.1, 0.15) is 5.76 Å². The smallest absolute Gasteiger partial charge is 0.108 e. The predicted molar refractivity (Wildman–Crippen MR) is 83.3 cm³/mol. The lowest BCUT2D eigenvalue weighted by atomic mass is 9.92.